The molecule has 2 aromatic heterocycles. The molecule has 0 radical (unpaired) electrons. The van der Waals surface area contributed by atoms with Gasteiger partial charge in [-0.05, 0) is 46.5 Å². The Morgan fingerprint density at radius 2 is 1.21 bits per heavy atom. The molecule has 1 aliphatic heterocycles. The summed E-state index contributed by atoms with van der Waals surface area (Å²) in [6.07, 6.45) is 0. The summed E-state index contributed by atoms with van der Waals surface area (Å²) in [5, 5.41) is 2.21. The Balaban J connectivity index is 1.24. The molecule has 0 bridgehead atoms. The van der Waals surface area contributed by atoms with Crippen molar-refractivity contribution in [1.82, 2.24) is 9.97 Å². The lowest BCUT2D eigenvalue weighted by Gasteiger charge is -2.32. The number of hydrogen-bond donors (Lipinski definition) is 0. The fourth-order valence-electron chi connectivity index (χ4n) is 8.00. The number of ether oxygens (including phenoxy) is 2. The van der Waals surface area contributed by atoms with E-state index >= 15 is 0 Å². The van der Waals surface area contributed by atoms with Crippen LogP contribution in [0.2, 0.25) is 0 Å². The highest BCUT2D eigenvalue weighted by atomic mass is 32.1. The van der Waals surface area contributed by atoms with Crippen molar-refractivity contribution in [3.8, 4) is 45.3 Å². The Kier molecular flexibility index (Phi) is 5.16. The standard InChI is InChI=1S/C43H24N2O2S/c1-2-13-25(14-3-1)38-27-16-5-8-21-32(27)44-42(45-38)29-18-12-20-31-36(29)26-15-4-7-19-30(26)43(31)40-39(46-33-22-9-10-23-34(33)47-40)37-28-17-6-11-24-35(28)48-41(37)43/h1-24H. The van der Waals surface area contributed by atoms with Crippen LogP contribution < -0.4 is 9.47 Å². The summed E-state index contributed by atoms with van der Waals surface area (Å²) in [6, 6.07) is 50.6. The fraction of sp³-hybridized carbons (Fsp3) is 0.0233. The van der Waals surface area contributed by atoms with Gasteiger partial charge in [-0.2, -0.15) is 0 Å². The Hall–Kier alpha value is -6.04. The molecule has 0 N–H and O–H groups in total. The maximum atomic E-state index is 7.01. The van der Waals surface area contributed by atoms with E-state index in [9.17, 15) is 0 Å². The van der Waals surface area contributed by atoms with E-state index in [0.717, 1.165) is 73.0 Å². The molecular formula is C43H24N2O2S. The number of rotatable bonds is 2. The highest BCUT2D eigenvalue weighted by Crippen LogP contribution is 2.67. The van der Waals surface area contributed by atoms with Gasteiger partial charge < -0.3 is 9.47 Å². The van der Waals surface area contributed by atoms with Crippen LogP contribution in [0.3, 0.4) is 0 Å². The molecule has 3 heterocycles. The molecule has 1 unspecified atom stereocenters. The molecule has 3 aliphatic rings. The van der Waals surface area contributed by atoms with Crippen molar-refractivity contribution in [2.75, 3.05) is 0 Å². The zero-order chi connectivity index (χ0) is 31.4. The average molecular weight is 633 g/mol. The first-order chi connectivity index (χ1) is 23.8. The first-order valence-corrected chi connectivity index (χ1v) is 16.9. The predicted molar refractivity (Wildman–Crippen MR) is 192 cm³/mol. The van der Waals surface area contributed by atoms with Gasteiger partial charge in [-0.3, -0.25) is 0 Å². The molecule has 0 saturated heterocycles. The Labute approximate surface area is 280 Å². The van der Waals surface area contributed by atoms with Crippen LogP contribution in [-0.2, 0) is 5.41 Å². The van der Waals surface area contributed by atoms with Gasteiger partial charge in [0.05, 0.1) is 11.2 Å². The van der Waals surface area contributed by atoms with E-state index in [4.69, 9.17) is 19.4 Å². The molecule has 0 saturated carbocycles. The van der Waals surface area contributed by atoms with Crippen molar-refractivity contribution in [3.63, 3.8) is 0 Å². The zero-order valence-corrected chi connectivity index (χ0v) is 26.3. The van der Waals surface area contributed by atoms with Crippen molar-refractivity contribution >= 4 is 38.1 Å². The number of thiophene rings is 1. The number of benzene rings is 6. The quantitative estimate of drug-likeness (QED) is 0.190. The number of allylic oxidation sites excluding steroid dienone is 1. The van der Waals surface area contributed by atoms with Crippen LogP contribution >= 0.6 is 11.3 Å². The minimum atomic E-state index is -0.705. The Bertz CT molecular complexity index is 2690. The molecule has 4 nitrogen and oxygen atoms in total. The van der Waals surface area contributed by atoms with E-state index < -0.39 is 5.41 Å². The van der Waals surface area contributed by atoms with Crippen LogP contribution in [0.4, 0.5) is 0 Å². The summed E-state index contributed by atoms with van der Waals surface area (Å²) in [5.74, 6) is 3.77. The van der Waals surface area contributed by atoms with Crippen molar-refractivity contribution in [1.29, 1.82) is 0 Å². The minimum absolute atomic E-state index is 0.700. The van der Waals surface area contributed by atoms with E-state index in [1.807, 2.05) is 47.7 Å². The highest BCUT2D eigenvalue weighted by Gasteiger charge is 2.59. The normalized spacial score (nSPS) is 16.7. The lowest BCUT2D eigenvalue weighted by molar-refractivity contribution is 0.317. The van der Waals surface area contributed by atoms with Gasteiger partial charge in [-0.1, -0.05) is 121 Å². The molecule has 11 rings (SSSR count). The maximum absolute atomic E-state index is 7.01. The smallest absolute Gasteiger partial charge is 0.176 e. The topological polar surface area (TPSA) is 44.2 Å². The predicted octanol–water partition coefficient (Wildman–Crippen LogP) is 10.6. The van der Waals surface area contributed by atoms with Gasteiger partial charge in [0.15, 0.2) is 28.8 Å². The van der Waals surface area contributed by atoms with E-state index in [0.29, 0.717) is 5.82 Å². The van der Waals surface area contributed by atoms with Crippen molar-refractivity contribution < 1.29 is 9.47 Å². The van der Waals surface area contributed by atoms with Crippen LogP contribution in [0, 0.1) is 0 Å². The fourth-order valence-corrected chi connectivity index (χ4v) is 9.41. The third kappa shape index (κ3) is 3.28. The Morgan fingerprint density at radius 1 is 0.521 bits per heavy atom. The third-order valence-electron chi connectivity index (χ3n) is 9.94. The summed E-state index contributed by atoms with van der Waals surface area (Å²) < 4.78 is 15.1. The van der Waals surface area contributed by atoms with Gasteiger partial charge >= 0.3 is 0 Å². The molecule has 8 aromatic rings. The molecular weight excluding hydrogens is 609 g/mol. The molecule has 48 heavy (non-hydrogen) atoms. The van der Waals surface area contributed by atoms with E-state index in [-0.39, 0.29) is 0 Å². The van der Waals surface area contributed by atoms with Gasteiger partial charge in [0.25, 0.3) is 0 Å². The lowest BCUT2D eigenvalue weighted by Crippen LogP contribution is -2.30. The number of hydrogen-bond acceptors (Lipinski definition) is 5. The molecule has 0 fully saturated rings. The first kappa shape index (κ1) is 26.1. The summed E-state index contributed by atoms with van der Waals surface area (Å²) in [7, 11) is 0. The first-order valence-electron chi connectivity index (χ1n) is 16.1. The molecule has 6 aromatic carbocycles. The van der Waals surface area contributed by atoms with Crippen molar-refractivity contribution in [3.05, 3.63) is 173 Å². The van der Waals surface area contributed by atoms with Crippen LogP contribution in [0.1, 0.15) is 21.6 Å². The summed E-state index contributed by atoms with van der Waals surface area (Å²) in [6.45, 7) is 0. The van der Waals surface area contributed by atoms with Crippen molar-refractivity contribution in [2.24, 2.45) is 0 Å². The van der Waals surface area contributed by atoms with E-state index in [2.05, 4.69) is 109 Å². The van der Waals surface area contributed by atoms with Gasteiger partial charge in [0.2, 0.25) is 0 Å². The van der Waals surface area contributed by atoms with E-state index in [1.54, 1.807) is 0 Å². The summed E-state index contributed by atoms with van der Waals surface area (Å²) in [5.41, 5.74) is 8.92. The second-order valence-electron chi connectivity index (χ2n) is 12.4. The average Bonchev–Trinajstić information content (AvgIpc) is 3.77. The highest BCUT2D eigenvalue weighted by molar-refractivity contribution is 7.19. The lowest BCUT2D eigenvalue weighted by atomic mass is 9.76. The molecule has 224 valence electrons. The van der Waals surface area contributed by atoms with Crippen LogP contribution in [0.5, 0.6) is 11.5 Å². The van der Waals surface area contributed by atoms with Crippen molar-refractivity contribution in [2.45, 2.75) is 5.41 Å². The number of aromatic nitrogens is 2. The molecule has 2 aliphatic carbocycles. The SMILES string of the molecule is c1ccc(-c2nc(-c3cccc4c3-c3ccccc3C43C4=C(Oc5ccccc5O4)c4c3sc3ccccc43)nc3ccccc23)cc1. The summed E-state index contributed by atoms with van der Waals surface area (Å²) in [4.78, 5) is 11.7. The molecule has 1 atom stereocenters. The zero-order valence-electron chi connectivity index (χ0n) is 25.5. The van der Waals surface area contributed by atoms with Gasteiger partial charge in [0, 0.05) is 37.0 Å². The molecule has 0 amide bonds. The second-order valence-corrected chi connectivity index (χ2v) is 13.5. The van der Waals surface area contributed by atoms with Gasteiger partial charge in [-0.25, -0.2) is 9.97 Å². The summed E-state index contributed by atoms with van der Waals surface area (Å²) >= 11 is 1.82. The number of para-hydroxylation sites is 3. The Morgan fingerprint density at radius 3 is 2.10 bits per heavy atom. The van der Waals surface area contributed by atoms with E-state index in [1.165, 1.54) is 20.5 Å². The maximum Gasteiger partial charge on any atom is 0.176 e. The number of fused-ring (bicyclic) bond motifs is 13. The third-order valence-corrected chi connectivity index (χ3v) is 11.2. The van der Waals surface area contributed by atoms with Gasteiger partial charge in [0.1, 0.15) is 5.41 Å². The largest absolute Gasteiger partial charge is 0.452 e. The van der Waals surface area contributed by atoms with Crippen LogP contribution in [-0.4, -0.2) is 9.97 Å². The second kappa shape index (κ2) is 9.50. The number of nitrogens with zero attached hydrogens (tertiary/aromatic N) is 2. The van der Waals surface area contributed by atoms with Crippen LogP contribution in [0.25, 0.3) is 60.5 Å². The molecule has 5 heteroatoms. The molecule has 1 spiro atoms. The minimum Gasteiger partial charge on any atom is -0.452 e. The van der Waals surface area contributed by atoms with Gasteiger partial charge in [-0.15, -0.1) is 11.3 Å². The van der Waals surface area contributed by atoms with Crippen LogP contribution in [0.15, 0.2) is 151 Å². The monoisotopic (exact) mass is 632 g/mol.